The summed E-state index contributed by atoms with van der Waals surface area (Å²) in [4.78, 5) is 9.13. The van der Waals surface area contributed by atoms with Crippen LogP contribution in [-0.2, 0) is 20.1 Å². The van der Waals surface area contributed by atoms with Crippen molar-refractivity contribution in [1.82, 2.24) is 9.97 Å². The van der Waals surface area contributed by atoms with E-state index in [2.05, 4.69) is 76.6 Å². The van der Waals surface area contributed by atoms with Crippen molar-refractivity contribution in [2.45, 2.75) is 57.6 Å². The Labute approximate surface area is 316 Å². The van der Waals surface area contributed by atoms with Crippen LogP contribution in [0.5, 0.6) is 0 Å². The molecule has 0 saturated heterocycles. The molecule has 7 rings (SSSR count). The molecule has 2 nitrogen and oxygen atoms in total. The smallest absolute Gasteiger partial charge is 0.0346 e. The molecule has 0 spiro atoms. The fourth-order valence-corrected chi connectivity index (χ4v) is 10.6. The van der Waals surface area contributed by atoms with E-state index in [1.165, 1.54) is 21.4 Å². The van der Waals surface area contributed by atoms with Gasteiger partial charge in [-0.15, -0.1) is 23.8 Å². The molecule has 0 amide bonds. The molecule has 0 aliphatic carbocycles. The Balaban J connectivity index is 0.000000229. The molecule has 245 valence electrons. The number of nitrogens with zero attached hydrogens (tertiary/aromatic N) is 2. The van der Waals surface area contributed by atoms with E-state index in [4.69, 9.17) is 9.60 Å². The van der Waals surface area contributed by atoms with Gasteiger partial charge in [0, 0.05) is 36.5 Å². The number of benzene rings is 4. The minimum atomic E-state index is -2.10. The van der Waals surface area contributed by atoms with E-state index in [9.17, 15) is 0 Å². The van der Waals surface area contributed by atoms with Crippen LogP contribution < -0.4 is 4.40 Å². The van der Waals surface area contributed by atoms with Gasteiger partial charge in [-0.2, -0.15) is 11.3 Å². The first-order valence-electron chi connectivity index (χ1n) is 19.1. The Morgan fingerprint density at radius 1 is 0.792 bits per heavy atom. The summed E-state index contributed by atoms with van der Waals surface area (Å²) < 4.78 is 56.9. The predicted octanol–water partition coefficient (Wildman–Crippen LogP) is 11.7. The van der Waals surface area contributed by atoms with Crippen LogP contribution in [0.3, 0.4) is 0 Å². The molecule has 4 aromatic carbocycles. The largest absolute Gasteiger partial charge is 0.305 e. The van der Waals surface area contributed by atoms with Crippen LogP contribution in [0, 0.1) is 32.8 Å². The molecule has 3 heterocycles. The van der Waals surface area contributed by atoms with E-state index in [1.807, 2.05) is 50.4 Å². The van der Waals surface area contributed by atoms with Gasteiger partial charge in [0.05, 0.1) is 0 Å². The molecule has 1 radical (unpaired) electrons. The monoisotopic (exact) mass is 892 g/mol. The first-order chi connectivity index (χ1) is 25.2. The van der Waals surface area contributed by atoms with Gasteiger partial charge in [-0.05, 0) is 51.8 Å². The second-order valence-corrected chi connectivity index (χ2v) is 24.7. The quantitative estimate of drug-likeness (QED) is 0.127. The standard InChI is InChI=1S/C27H22NS.C16H20GeN.Ir/c1-17(2)20-13-14-28-25(15-20)24-6-4-5-23-22-12-11-21(16-26(22)29-27(23)24)19-9-7-18(3)8-10-19;1-12-6-8-14(9-7-12)16-10-13(2)15(11-18-16)17(3,4)5;/h4-5,7-17H,1-3H3;6-8,10-11H,1-5H3;/q2*-1;/i3D3,17D;1D3;. The van der Waals surface area contributed by atoms with E-state index in [1.54, 1.807) is 41.8 Å². The molecule has 7 aromatic rings. The average molecular weight is 891 g/mol. The van der Waals surface area contributed by atoms with Crippen molar-refractivity contribution in [1.29, 1.82) is 0 Å². The second kappa shape index (κ2) is 15.0. The van der Waals surface area contributed by atoms with Crippen molar-refractivity contribution < 1.29 is 29.7 Å². The zero-order valence-corrected chi connectivity index (χ0v) is 33.3. The summed E-state index contributed by atoms with van der Waals surface area (Å²) in [5, 5.41) is 2.33. The van der Waals surface area contributed by atoms with Gasteiger partial charge in [0.2, 0.25) is 0 Å². The predicted molar refractivity (Wildman–Crippen MR) is 207 cm³/mol. The number of thiophene rings is 1. The van der Waals surface area contributed by atoms with Crippen molar-refractivity contribution in [2.75, 3.05) is 0 Å². The van der Waals surface area contributed by atoms with Crippen molar-refractivity contribution in [3.63, 3.8) is 0 Å². The number of aryl methyl sites for hydroxylation is 3. The fraction of sp³-hybridized carbons (Fsp3) is 0.209. The van der Waals surface area contributed by atoms with Crippen molar-refractivity contribution in [3.05, 3.63) is 138 Å². The van der Waals surface area contributed by atoms with Gasteiger partial charge in [-0.25, -0.2) is 0 Å². The summed E-state index contributed by atoms with van der Waals surface area (Å²) >= 11 is -0.183. The van der Waals surface area contributed by atoms with E-state index in [-0.39, 0.29) is 20.1 Å². The number of aromatic nitrogens is 2. The van der Waals surface area contributed by atoms with Crippen molar-refractivity contribution in [3.8, 4) is 33.6 Å². The van der Waals surface area contributed by atoms with Crippen molar-refractivity contribution in [2.24, 2.45) is 0 Å². The molecule has 3 aromatic heterocycles. The maximum absolute atomic E-state index is 8.37. The van der Waals surface area contributed by atoms with Crippen LogP contribution in [0.25, 0.3) is 53.8 Å². The fourth-order valence-electron chi connectivity index (χ4n) is 5.72. The maximum Gasteiger partial charge on any atom is 0.0346 e. The average Bonchev–Trinajstić information content (AvgIpc) is 3.49. The summed E-state index contributed by atoms with van der Waals surface area (Å²) in [6.07, 6.45) is 3.75. The van der Waals surface area contributed by atoms with Crippen molar-refractivity contribution >= 4 is 49.2 Å². The summed E-state index contributed by atoms with van der Waals surface area (Å²) in [5.41, 5.74) is 8.33. The van der Waals surface area contributed by atoms with Gasteiger partial charge in [0.25, 0.3) is 0 Å². The third kappa shape index (κ3) is 7.90. The summed E-state index contributed by atoms with van der Waals surface area (Å²) in [6, 6.07) is 34.8. The Bertz CT molecular complexity index is 2440. The molecule has 5 heteroatoms. The Kier molecular flexibility index (Phi) is 8.57. The Morgan fingerprint density at radius 2 is 1.54 bits per heavy atom. The van der Waals surface area contributed by atoms with Crippen LogP contribution in [-0.4, -0.2) is 23.2 Å². The van der Waals surface area contributed by atoms with E-state index in [0.717, 1.165) is 54.0 Å². The Hall–Kier alpha value is -3.41. The summed E-state index contributed by atoms with van der Waals surface area (Å²) in [7, 11) is 0. The molecular weight excluding hydrogens is 841 g/mol. The molecule has 0 atom stereocenters. The summed E-state index contributed by atoms with van der Waals surface area (Å²) in [6.45, 7) is 1.70. The second-order valence-electron chi connectivity index (χ2n) is 13.0. The number of hydrogen-bond acceptors (Lipinski definition) is 3. The third-order valence-electron chi connectivity index (χ3n) is 8.25. The number of pyridine rings is 2. The molecule has 0 fully saturated rings. The van der Waals surface area contributed by atoms with Gasteiger partial charge in [-0.3, -0.25) is 0 Å². The zero-order chi connectivity index (χ0) is 39.2. The van der Waals surface area contributed by atoms with Gasteiger partial charge in [0.15, 0.2) is 0 Å². The molecule has 0 aliphatic heterocycles. The van der Waals surface area contributed by atoms with Crippen LogP contribution in [0.2, 0.25) is 17.3 Å². The minimum absolute atomic E-state index is 0. The topological polar surface area (TPSA) is 25.8 Å². The molecule has 0 bridgehead atoms. The van der Waals surface area contributed by atoms with Crippen LogP contribution >= 0.6 is 11.3 Å². The molecule has 0 saturated carbocycles. The number of fused-ring (bicyclic) bond motifs is 3. The van der Waals surface area contributed by atoms with Crippen LogP contribution in [0.4, 0.5) is 0 Å². The molecule has 0 N–H and O–H groups in total. The van der Waals surface area contributed by atoms with Crippen LogP contribution in [0.1, 0.15) is 51.6 Å². The van der Waals surface area contributed by atoms with Gasteiger partial charge in [-0.1, -0.05) is 72.8 Å². The van der Waals surface area contributed by atoms with E-state index < -0.39 is 32.9 Å². The zero-order valence-electron chi connectivity index (χ0n) is 35.0. The number of hydrogen-bond donors (Lipinski definition) is 0. The third-order valence-corrected chi connectivity index (χ3v) is 13.9. The summed E-state index contributed by atoms with van der Waals surface area (Å²) in [5.74, 6) is 6.35. The van der Waals surface area contributed by atoms with E-state index in [0.29, 0.717) is 11.1 Å². The van der Waals surface area contributed by atoms with Gasteiger partial charge >= 0.3 is 117 Å². The van der Waals surface area contributed by atoms with E-state index >= 15 is 0 Å². The first-order valence-corrected chi connectivity index (χ1v) is 23.8. The Morgan fingerprint density at radius 3 is 2.21 bits per heavy atom. The molecule has 0 aliphatic rings. The molecule has 48 heavy (non-hydrogen) atoms. The maximum atomic E-state index is 8.37. The van der Waals surface area contributed by atoms with Crippen LogP contribution in [0.15, 0.2) is 103 Å². The normalized spacial score (nSPS) is 14.2. The van der Waals surface area contributed by atoms with Gasteiger partial charge < -0.3 is 4.98 Å². The first kappa shape index (κ1) is 27.4. The number of rotatable bonds is 5. The molecular formula is C43H42GeIrN2S-2. The SMILES string of the molecule is [2H]C([2H])([2H])c1c[c-]c(-c2cc(C)[c]([Ge]([CH3])([CH3])[CH3])cn2)cc1.[2H]C([2H])([2H])c1ccc(-c2ccc3c(c2)sc2c(-c4cc(C([2H])(C)C)ccn4)[c-]ccc23)cc1.[Ir]. The van der Waals surface area contributed by atoms with Gasteiger partial charge in [0.1, 0.15) is 0 Å². The molecule has 0 unspecified atom stereocenters. The minimum Gasteiger partial charge on any atom is -0.305 e.